The van der Waals surface area contributed by atoms with Crippen molar-refractivity contribution in [2.24, 2.45) is 0 Å². The number of rotatable bonds is 16. The summed E-state index contributed by atoms with van der Waals surface area (Å²) in [6.45, 7) is 2.49. The van der Waals surface area contributed by atoms with Gasteiger partial charge in [-0.15, -0.1) is 0 Å². The summed E-state index contributed by atoms with van der Waals surface area (Å²) >= 11 is 0. The fraction of sp³-hybridized carbons (Fsp3) is 0.364. The highest BCUT2D eigenvalue weighted by molar-refractivity contribution is 5.89. The topological polar surface area (TPSA) is 107 Å². The second-order valence-corrected chi connectivity index (χ2v) is 9.78. The van der Waals surface area contributed by atoms with Crippen LogP contribution < -0.4 is 4.74 Å². The lowest BCUT2D eigenvalue weighted by molar-refractivity contribution is -0.114. The second kappa shape index (κ2) is 15.6. The van der Waals surface area contributed by atoms with Crippen molar-refractivity contribution < 1.29 is 30.0 Å². The Kier molecular flexibility index (Phi) is 11.9. The average molecular weight is 533 g/mol. The van der Waals surface area contributed by atoms with Gasteiger partial charge in [-0.2, -0.15) is 0 Å². The lowest BCUT2D eigenvalue weighted by atomic mass is 9.92. The van der Waals surface area contributed by atoms with Crippen LogP contribution in [0.5, 0.6) is 23.0 Å². The zero-order chi connectivity index (χ0) is 28.0. The molecule has 0 saturated heterocycles. The Morgan fingerprint density at radius 2 is 1.62 bits per heavy atom. The lowest BCUT2D eigenvalue weighted by Crippen LogP contribution is -2.04. The van der Waals surface area contributed by atoms with E-state index in [1.54, 1.807) is 48.5 Å². The number of phenolic OH excluding ortho intramolecular Hbond substituents is 3. The molecular formula is C33H40O6. The fourth-order valence-electron chi connectivity index (χ4n) is 4.53. The molecule has 0 fully saturated rings. The van der Waals surface area contributed by atoms with Crippen molar-refractivity contribution in [1.82, 2.24) is 0 Å². The first kappa shape index (κ1) is 29.8. The molecule has 0 heterocycles. The number of aliphatic hydroxyl groups excluding tert-OH is 1. The molecule has 0 aliphatic rings. The summed E-state index contributed by atoms with van der Waals surface area (Å²) in [6, 6.07) is 15.4. The molecule has 0 bridgehead atoms. The predicted octanol–water partition coefficient (Wildman–Crippen LogP) is 6.66. The number of hydrogen-bond donors (Lipinski definition) is 4. The van der Waals surface area contributed by atoms with Crippen LogP contribution in [0.25, 0.3) is 11.1 Å². The van der Waals surface area contributed by atoms with E-state index >= 15 is 0 Å². The molecule has 0 aliphatic carbocycles. The maximum atomic E-state index is 12.2. The van der Waals surface area contributed by atoms with Gasteiger partial charge in [0.05, 0.1) is 6.61 Å². The highest BCUT2D eigenvalue weighted by Gasteiger charge is 2.13. The number of aliphatic hydroxyl groups is 1. The Morgan fingerprint density at radius 1 is 0.821 bits per heavy atom. The average Bonchev–Trinajstić information content (AvgIpc) is 2.93. The summed E-state index contributed by atoms with van der Waals surface area (Å²) in [5.74, 6) is 0.776. The van der Waals surface area contributed by atoms with E-state index in [1.807, 2.05) is 18.2 Å². The minimum absolute atomic E-state index is 0.0386. The van der Waals surface area contributed by atoms with Crippen molar-refractivity contribution in [2.45, 2.75) is 64.7 Å². The van der Waals surface area contributed by atoms with Crippen molar-refractivity contribution in [3.05, 3.63) is 83.4 Å². The Balaban J connectivity index is 1.65. The monoisotopic (exact) mass is 532 g/mol. The fourth-order valence-corrected chi connectivity index (χ4v) is 4.53. The number of unbranched alkanes of at least 4 members (excludes halogenated alkanes) is 3. The minimum Gasteiger partial charge on any atom is -0.508 e. The molecule has 0 atom stereocenters. The molecule has 0 spiro atoms. The van der Waals surface area contributed by atoms with Crippen molar-refractivity contribution in [3.8, 4) is 34.1 Å². The molecule has 6 nitrogen and oxygen atoms in total. The molecule has 208 valence electrons. The van der Waals surface area contributed by atoms with Gasteiger partial charge in [-0.05, 0) is 102 Å². The zero-order valence-corrected chi connectivity index (χ0v) is 22.7. The van der Waals surface area contributed by atoms with E-state index < -0.39 is 0 Å². The number of allylic oxidation sites excluding steroid dienone is 2. The standard InChI is InChI=1S/C33H40O6/c1-2-3-4-5-6-9-27(35)13-10-24-11-17-32(38)33(21-24)39-20-18-25-12-14-29(37)23-31(25)30-16-15-28(36)22-26(30)8-7-19-34/h6,9,11-12,14-17,21-23,34,36-38H,2-5,7-8,10,13,18-20H2,1H3. The van der Waals surface area contributed by atoms with E-state index in [-0.39, 0.29) is 36.2 Å². The normalized spacial score (nSPS) is 11.2. The third-order valence-corrected chi connectivity index (χ3v) is 6.67. The molecule has 6 heteroatoms. The molecule has 3 aromatic carbocycles. The summed E-state index contributed by atoms with van der Waals surface area (Å²) in [5.41, 5.74) is 4.44. The van der Waals surface area contributed by atoms with Crippen molar-refractivity contribution >= 4 is 5.78 Å². The molecule has 3 rings (SSSR count). The molecule has 0 aliphatic heterocycles. The Hall–Kier alpha value is -3.77. The summed E-state index contributed by atoms with van der Waals surface area (Å²) in [5, 5.41) is 39.8. The number of carbonyl (C=O) groups excluding carboxylic acids is 1. The third-order valence-electron chi connectivity index (χ3n) is 6.67. The van der Waals surface area contributed by atoms with Gasteiger partial charge in [-0.1, -0.05) is 44.0 Å². The number of ether oxygens (including phenoxy) is 1. The van der Waals surface area contributed by atoms with Crippen LogP contribution in [-0.4, -0.2) is 39.4 Å². The van der Waals surface area contributed by atoms with Gasteiger partial charge in [-0.3, -0.25) is 4.79 Å². The zero-order valence-electron chi connectivity index (χ0n) is 22.7. The number of ketones is 1. The number of hydrogen-bond acceptors (Lipinski definition) is 6. The van der Waals surface area contributed by atoms with E-state index in [1.165, 1.54) is 6.42 Å². The van der Waals surface area contributed by atoms with E-state index in [2.05, 4.69) is 6.92 Å². The number of aromatic hydroxyl groups is 3. The van der Waals surface area contributed by atoms with E-state index in [9.17, 15) is 25.2 Å². The van der Waals surface area contributed by atoms with Crippen LogP contribution in [0.2, 0.25) is 0 Å². The molecule has 0 unspecified atom stereocenters. The van der Waals surface area contributed by atoms with Crippen LogP contribution in [0.15, 0.2) is 66.7 Å². The SMILES string of the molecule is CCCCCC=CC(=O)CCc1ccc(O)c(OCCc2ccc(O)cc2-c2ccc(O)cc2CCCO)c1. The van der Waals surface area contributed by atoms with Gasteiger partial charge in [0.1, 0.15) is 11.5 Å². The Bertz CT molecular complexity index is 1250. The molecule has 0 amide bonds. The van der Waals surface area contributed by atoms with E-state index in [0.717, 1.165) is 47.1 Å². The van der Waals surface area contributed by atoms with E-state index in [4.69, 9.17) is 4.74 Å². The lowest BCUT2D eigenvalue weighted by Gasteiger charge is -2.16. The number of aryl methyl sites for hydroxylation is 2. The van der Waals surface area contributed by atoms with Gasteiger partial charge in [0.25, 0.3) is 0 Å². The molecule has 0 radical (unpaired) electrons. The third kappa shape index (κ3) is 9.48. The predicted molar refractivity (Wildman–Crippen MR) is 155 cm³/mol. The Morgan fingerprint density at radius 3 is 2.41 bits per heavy atom. The highest BCUT2D eigenvalue weighted by atomic mass is 16.5. The maximum absolute atomic E-state index is 12.2. The quantitative estimate of drug-likeness (QED) is 0.121. The number of phenols is 3. The molecule has 4 N–H and O–H groups in total. The Labute approximate surface area is 231 Å². The van der Waals surface area contributed by atoms with Gasteiger partial charge in [0.15, 0.2) is 17.3 Å². The first-order chi connectivity index (χ1) is 18.9. The van der Waals surface area contributed by atoms with Gasteiger partial charge in [-0.25, -0.2) is 0 Å². The number of benzene rings is 3. The van der Waals surface area contributed by atoms with Gasteiger partial charge in [0, 0.05) is 19.4 Å². The van der Waals surface area contributed by atoms with Crippen LogP contribution in [0, 0.1) is 0 Å². The van der Waals surface area contributed by atoms with Crippen LogP contribution in [-0.2, 0) is 24.1 Å². The largest absolute Gasteiger partial charge is 0.508 e. The molecular weight excluding hydrogens is 492 g/mol. The smallest absolute Gasteiger partial charge is 0.161 e. The number of carbonyl (C=O) groups is 1. The molecule has 0 saturated carbocycles. The van der Waals surface area contributed by atoms with Crippen molar-refractivity contribution in [1.29, 1.82) is 0 Å². The van der Waals surface area contributed by atoms with Gasteiger partial charge >= 0.3 is 0 Å². The molecule has 0 aromatic heterocycles. The highest BCUT2D eigenvalue weighted by Crippen LogP contribution is 2.34. The maximum Gasteiger partial charge on any atom is 0.161 e. The van der Waals surface area contributed by atoms with Crippen LogP contribution in [0.4, 0.5) is 0 Å². The van der Waals surface area contributed by atoms with Gasteiger partial charge < -0.3 is 25.2 Å². The summed E-state index contributed by atoms with van der Waals surface area (Å²) in [7, 11) is 0. The first-order valence-corrected chi connectivity index (χ1v) is 13.8. The van der Waals surface area contributed by atoms with E-state index in [0.29, 0.717) is 37.9 Å². The van der Waals surface area contributed by atoms with Crippen LogP contribution in [0.3, 0.4) is 0 Å². The molecule has 3 aromatic rings. The summed E-state index contributed by atoms with van der Waals surface area (Å²) in [4.78, 5) is 12.2. The summed E-state index contributed by atoms with van der Waals surface area (Å²) in [6.07, 6.45) is 10.6. The van der Waals surface area contributed by atoms with Crippen LogP contribution in [0.1, 0.15) is 62.1 Å². The summed E-state index contributed by atoms with van der Waals surface area (Å²) < 4.78 is 5.94. The first-order valence-electron chi connectivity index (χ1n) is 13.8. The van der Waals surface area contributed by atoms with Crippen molar-refractivity contribution in [2.75, 3.05) is 13.2 Å². The second-order valence-electron chi connectivity index (χ2n) is 9.78. The minimum atomic E-state index is 0.0386. The van der Waals surface area contributed by atoms with Crippen LogP contribution >= 0.6 is 0 Å². The molecule has 39 heavy (non-hydrogen) atoms. The van der Waals surface area contributed by atoms with Gasteiger partial charge in [0.2, 0.25) is 0 Å². The van der Waals surface area contributed by atoms with Crippen molar-refractivity contribution in [3.63, 3.8) is 0 Å².